The van der Waals surface area contributed by atoms with Crippen molar-refractivity contribution in [2.45, 2.75) is 18.3 Å². The van der Waals surface area contributed by atoms with Gasteiger partial charge < -0.3 is 10.3 Å². The Labute approximate surface area is 120 Å². The number of hydrogen-bond donors (Lipinski definition) is 1. The van der Waals surface area contributed by atoms with Gasteiger partial charge in [0.05, 0.1) is 22.1 Å². The Morgan fingerprint density at radius 3 is 2.67 bits per heavy atom. The third-order valence-electron chi connectivity index (χ3n) is 3.03. The number of nitrogens with zero attached hydrogens (tertiary/aromatic N) is 2. The molecule has 0 atom stereocenters. The highest BCUT2D eigenvalue weighted by molar-refractivity contribution is 7.90. The molecule has 0 saturated carbocycles. The molecule has 2 aromatic heterocycles. The average molecular weight is 339 g/mol. The standard InChI is InChI=1S/C10H8F3N3O3S2/c11-10(12,13)9-15-8(19-16-9)6-4-1-2-21(17,18)3-5(4)20-7(6)14/h1-3,14H2. The van der Waals surface area contributed by atoms with Crippen LogP contribution in [0.4, 0.5) is 18.2 Å². The van der Waals surface area contributed by atoms with Crippen LogP contribution in [-0.2, 0) is 28.2 Å². The second kappa shape index (κ2) is 4.44. The van der Waals surface area contributed by atoms with Crippen LogP contribution in [0.1, 0.15) is 16.3 Å². The van der Waals surface area contributed by atoms with Crippen LogP contribution in [0.25, 0.3) is 11.5 Å². The molecule has 0 saturated heterocycles. The zero-order valence-corrected chi connectivity index (χ0v) is 11.9. The molecule has 2 aromatic rings. The number of aromatic nitrogens is 2. The summed E-state index contributed by atoms with van der Waals surface area (Å²) in [5.74, 6) is -1.97. The van der Waals surface area contributed by atoms with Crippen LogP contribution in [0, 0.1) is 0 Å². The lowest BCUT2D eigenvalue weighted by atomic mass is 10.1. The predicted octanol–water partition coefficient (Wildman–Crippen LogP) is 1.87. The predicted molar refractivity (Wildman–Crippen MR) is 68.2 cm³/mol. The molecule has 0 bridgehead atoms. The molecule has 0 radical (unpaired) electrons. The summed E-state index contributed by atoms with van der Waals surface area (Å²) in [7, 11) is -3.19. The van der Waals surface area contributed by atoms with Crippen molar-refractivity contribution >= 4 is 26.2 Å². The van der Waals surface area contributed by atoms with E-state index in [1.165, 1.54) is 0 Å². The lowest BCUT2D eigenvalue weighted by Crippen LogP contribution is -2.17. The van der Waals surface area contributed by atoms with Crippen molar-refractivity contribution < 1.29 is 26.1 Å². The maximum atomic E-state index is 12.5. The summed E-state index contributed by atoms with van der Waals surface area (Å²) in [6, 6.07) is 0. The zero-order valence-electron chi connectivity index (χ0n) is 10.3. The van der Waals surface area contributed by atoms with Crippen LogP contribution in [-0.4, -0.2) is 24.3 Å². The quantitative estimate of drug-likeness (QED) is 0.851. The number of nitrogen functional groups attached to an aromatic ring is 1. The summed E-state index contributed by atoms with van der Waals surface area (Å²) < 4.78 is 65.2. The van der Waals surface area contributed by atoms with E-state index in [-0.39, 0.29) is 34.4 Å². The van der Waals surface area contributed by atoms with Gasteiger partial charge in [0.2, 0.25) is 0 Å². The van der Waals surface area contributed by atoms with Gasteiger partial charge in [-0.2, -0.15) is 18.2 Å². The molecule has 1 aliphatic heterocycles. The first-order valence-corrected chi connectivity index (χ1v) is 8.33. The van der Waals surface area contributed by atoms with Gasteiger partial charge in [-0.3, -0.25) is 0 Å². The zero-order chi connectivity index (χ0) is 15.4. The minimum Gasteiger partial charge on any atom is -0.390 e. The molecule has 2 N–H and O–H groups in total. The summed E-state index contributed by atoms with van der Waals surface area (Å²) in [6.07, 6.45) is -4.54. The van der Waals surface area contributed by atoms with Crippen molar-refractivity contribution in [2.75, 3.05) is 11.5 Å². The largest absolute Gasteiger partial charge is 0.455 e. The number of fused-ring (bicyclic) bond motifs is 1. The van der Waals surface area contributed by atoms with Crippen LogP contribution >= 0.6 is 11.3 Å². The maximum absolute atomic E-state index is 12.5. The molecule has 0 aromatic carbocycles. The summed E-state index contributed by atoms with van der Waals surface area (Å²) in [6.45, 7) is 0. The van der Waals surface area contributed by atoms with Gasteiger partial charge in [0, 0.05) is 4.88 Å². The van der Waals surface area contributed by atoms with Gasteiger partial charge >= 0.3 is 6.18 Å². The average Bonchev–Trinajstić information content (AvgIpc) is 2.90. The highest BCUT2D eigenvalue weighted by atomic mass is 32.2. The second-order valence-electron chi connectivity index (χ2n) is 4.51. The molecule has 0 fully saturated rings. The topological polar surface area (TPSA) is 99.1 Å². The third-order valence-corrected chi connectivity index (χ3v) is 5.82. The molecule has 21 heavy (non-hydrogen) atoms. The van der Waals surface area contributed by atoms with E-state index in [0.29, 0.717) is 10.4 Å². The summed E-state index contributed by atoms with van der Waals surface area (Å²) >= 11 is 1.02. The minimum absolute atomic E-state index is 0.0799. The van der Waals surface area contributed by atoms with Gasteiger partial charge in [0.25, 0.3) is 11.7 Å². The number of hydrogen-bond acceptors (Lipinski definition) is 7. The Hall–Kier alpha value is -1.62. The molecule has 3 heterocycles. The van der Waals surface area contributed by atoms with E-state index in [0.717, 1.165) is 11.3 Å². The smallest absolute Gasteiger partial charge is 0.390 e. The lowest BCUT2D eigenvalue weighted by Gasteiger charge is -2.12. The highest BCUT2D eigenvalue weighted by Gasteiger charge is 2.38. The van der Waals surface area contributed by atoms with Crippen LogP contribution < -0.4 is 5.73 Å². The summed E-state index contributed by atoms with van der Waals surface area (Å²) in [5.41, 5.74) is 6.56. The van der Waals surface area contributed by atoms with E-state index in [9.17, 15) is 21.6 Å². The van der Waals surface area contributed by atoms with E-state index in [4.69, 9.17) is 5.73 Å². The van der Waals surface area contributed by atoms with E-state index in [2.05, 4.69) is 14.7 Å². The van der Waals surface area contributed by atoms with Gasteiger partial charge in [0.15, 0.2) is 9.84 Å². The lowest BCUT2D eigenvalue weighted by molar-refractivity contribution is -0.146. The van der Waals surface area contributed by atoms with Crippen LogP contribution in [0.2, 0.25) is 0 Å². The molecule has 0 aliphatic carbocycles. The van der Waals surface area contributed by atoms with Crippen LogP contribution in [0.5, 0.6) is 0 Å². The first kappa shape index (κ1) is 14.3. The number of rotatable bonds is 1. The third kappa shape index (κ3) is 2.50. The van der Waals surface area contributed by atoms with Crippen molar-refractivity contribution in [3.8, 4) is 11.5 Å². The van der Waals surface area contributed by atoms with Gasteiger partial charge in [-0.05, 0) is 12.0 Å². The number of anilines is 1. The van der Waals surface area contributed by atoms with E-state index in [1.807, 2.05) is 0 Å². The molecule has 0 unspecified atom stereocenters. The minimum atomic E-state index is -4.71. The molecule has 114 valence electrons. The normalized spacial score (nSPS) is 17.7. The first-order valence-electron chi connectivity index (χ1n) is 5.69. The summed E-state index contributed by atoms with van der Waals surface area (Å²) in [4.78, 5) is 3.82. The van der Waals surface area contributed by atoms with Crippen LogP contribution in [0.15, 0.2) is 4.52 Å². The van der Waals surface area contributed by atoms with Gasteiger partial charge in [-0.1, -0.05) is 5.16 Å². The fourth-order valence-corrected chi connectivity index (χ4v) is 5.03. The molecule has 0 amide bonds. The molecular formula is C10H8F3N3O3S2. The Bertz CT molecular complexity index is 807. The monoisotopic (exact) mass is 339 g/mol. The van der Waals surface area contributed by atoms with Crippen LogP contribution in [0.3, 0.4) is 0 Å². The van der Waals surface area contributed by atoms with Crippen molar-refractivity contribution in [2.24, 2.45) is 0 Å². The van der Waals surface area contributed by atoms with Gasteiger partial charge in [-0.15, -0.1) is 11.3 Å². The SMILES string of the molecule is Nc1sc2c(c1-c1nc(C(F)(F)F)no1)CCS(=O)(=O)C2. The van der Waals surface area contributed by atoms with Gasteiger partial charge in [-0.25, -0.2) is 8.42 Å². The Morgan fingerprint density at radius 2 is 2.05 bits per heavy atom. The maximum Gasteiger partial charge on any atom is 0.455 e. The van der Waals surface area contributed by atoms with E-state index < -0.39 is 21.8 Å². The molecule has 6 nitrogen and oxygen atoms in total. The molecule has 3 rings (SSSR count). The van der Waals surface area contributed by atoms with Crippen molar-refractivity contribution in [1.29, 1.82) is 0 Å². The number of thiophene rings is 1. The summed E-state index contributed by atoms with van der Waals surface area (Å²) in [5, 5.41) is 3.06. The number of halogens is 3. The Morgan fingerprint density at radius 1 is 1.33 bits per heavy atom. The highest BCUT2D eigenvalue weighted by Crippen LogP contribution is 2.42. The molecular weight excluding hydrogens is 331 g/mol. The Kier molecular flexibility index (Phi) is 3.03. The second-order valence-corrected chi connectivity index (χ2v) is 7.83. The van der Waals surface area contributed by atoms with Crippen molar-refractivity contribution in [1.82, 2.24) is 10.1 Å². The molecule has 11 heteroatoms. The van der Waals surface area contributed by atoms with Crippen molar-refractivity contribution in [3.63, 3.8) is 0 Å². The van der Waals surface area contributed by atoms with E-state index >= 15 is 0 Å². The number of sulfone groups is 1. The fourth-order valence-electron chi connectivity index (χ4n) is 2.12. The number of nitrogens with two attached hydrogens (primary N) is 1. The van der Waals surface area contributed by atoms with E-state index in [1.54, 1.807) is 0 Å². The first-order chi connectivity index (χ1) is 9.67. The number of alkyl halides is 3. The van der Waals surface area contributed by atoms with Gasteiger partial charge in [0.1, 0.15) is 0 Å². The molecule has 1 aliphatic rings. The molecule has 0 spiro atoms. The Balaban J connectivity index is 2.08. The van der Waals surface area contributed by atoms with Crippen molar-refractivity contribution in [3.05, 3.63) is 16.3 Å². The fraction of sp³-hybridized carbons (Fsp3) is 0.400.